The molecule has 0 radical (unpaired) electrons. The van der Waals surface area contributed by atoms with E-state index >= 15 is 0 Å². The number of carbonyl (C=O) groups excluding carboxylic acids is 1. The molecule has 6 nitrogen and oxygen atoms in total. The number of piperidine rings is 1. The van der Waals surface area contributed by atoms with Gasteiger partial charge in [-0.1, -0.05) is 13.3 Å². The van der Waals surface area contributed by atoms with Gasteiger partial charge in [0, 0.05) is 6.54 Å². The van der Waals surface area contributed by atoms with Gasteiger partial charge >= 0.3 is 5.97 Å². The van der Waals surface area contributed by atoms with Crippen molar-refractivity contribution in [1.82, 2.24) is 10.2 Å². The van der Waals surface area contributed by atoms with E-state index in [9.17, 15) is 14.7 Å². The van der Waals surface area contributed by atoms with E-state index < -0.39 is 11.9 Å². The lowest BCUT2D eigenvalue weighted by Crippen LogP contribution is -2.54. The standard InChI is InChI=1S/C14H24N2O4/c1-2-7-16(12-9-20-8-10(12)14(18)19)13(17)11-5-3-4-6-15-11/h10-12,15H,2-9H2,1H3,(H,18,19). The highest BCUT2D eigenvalue weighted by Crippen LogP contribution is 2.22. The van der Waals surface area contributed by atoms with Crippen molar-refractivity contribution in [2.24, 2.45) is 5.92 Å². The molecule has 0 aromatic rings. The molecular weight excluding hydrogens is 260 g/mol. The van der Waals surface area contributed by atoms with Crippen molar-refractivity contribution in [3.05, 3.63) is 0 Å². The first-order valence-electron chi connectivity index (χ1n) is 7.49. The van der Waals surface area contributed by atoms with Gasteiger partial charge in [-0.05, 0) is 25.8 Å². The molecule has 2 aliphatic rings. The Morgan fingerprint density at radius 3 is 2.75 bits per heavy atom. The van der Waals surface area contributed by atoms with Crippen LogP contribution in [0.25, 0.3) is 0 Å². The molecule has 114 valence electrons. The lowest BCUT2D eigenvalue weighted by molar-refractivity contribution is -0.145. The monoisotopic (exact) mass is 284 g/mol. The Morgan fingerprint density at radius 2 is 2.15 bits per heavy atom. The molecule has 2 N–H and O–H groups in total. The van der Waals surface area contributed by atoms with Crippen molar-refractivity contribution in [2.75, 3.05) is 26.3 Å². The van der Waals surface area contributed by atoms with E-state index in [4.69, 9.17) is 4.74 Å². The van der Waals surface area contributed by atoms with Crippen molar-refractivity contribution < 1.29 is 19.4 Å². The molecule has 1 amide bonds. The summed E-state index contributed by atoms with van der Waals surface area (Å²) >= 11 is 0. The second-order valence-corrected chi connectivity index (χ2v) is 5.58. The fourth-order valence-electron chi connectivity index (χ4n) is 3.03. The van der Waals surface area contributed by atoms with Gasteiger partial charge in [0.1, 0.15) is 5.92 Å². The number of ether oxygens (including phenoxy) is 1. The van der Waals surface area contributed by atoms with Gasteiger partial charge in [0.15, 0.2) is 0 Å². The van der Waals surface area contributed by atoms with Gasteiger partial charge < -0.3 is 20.1 Å². The maximum Gasteiger partial charge on any atom is 0.311 e. The third-order valence-corrected chi connectivity index (χ3v) is 4.12. The minimum atomic E-state index is -0.877. The normalized spacial score (nSPS) is 30.1. The summed E-state index contributed by atoms with van der Waals surface area (Å²) in [7, 11) is 0. The summed E-state index contributed by atoms with van der Waals surface area (Å²) in [6.07, 6.45) is 3.81. The van der Waals surface area contributed by atoms with Gasteiger partial charge in [0.2, 0.25) is 5.91 Å². The molecule has 0 aliphatic carbocycles. The molecule has 2 saturated heterocycles. The quantitative estimate of drug-likeness (QED) is 0.767. The summed E-state index contributed by atoms with van der Waals surface area (Å²) < 4.78 is 5.30. The van der Waals surface area contributed by atoms with Gasteiger partial charge in [-0.2, -0.15) is 0 Å². The Labute approximate surface area is 119 Å². The molecule has 2 aliphatic heterocycles. The molecule has 3 atom stereocenters. The zero-order valence-corrected chi connectivity index (χ0v) is 12.0. The molecule has 2 rings (SSSR count). The van der Waals surface area contributed by atoms with Crippen molar-refractivity contribution >= 4 is 11.9 Å². The number of hydrogen-bond donors (Lipinski definition) is 2. The number of carboxylic acid groups (broad SMARTS) is 1. The summed E-state index contributed by atoms with van der Waals surface area (Å²) in [4.78, 5) is 25.7. The minimum Gasteiger partial charge on any atom is -0.481 e. The third kappa shape index (κ3) is 3.30. The molecule has 0 bridgehead atoms. The molecule has 2 heterocycles. The zero-order valence-electron chi connectivity index (χ0n) is 12.0. The SMILES string of the molecule is CCCN(C(=O)C1CCCCN1)C1COCC1C(=O)O. The van der Waals surface area contributed by atoms with Crippen LogP contribution in [0, 0.1) is 5.92 Å². The first-order valence-corrected chi connectivity index (χ1v) is 7.49. The van der Waals surface area contributed by atoms with Crippen LogP contribution in [0.5, 0.6) is 0 Å². The van der Waals surface area contributed by atoms with Crippen LogP contribution in [0.2, 0.25) is 0 Å². The van der Waals surface area contributed by atoms with Gasteiger partial charge in [-0.15, -0.1) is 0 Å². The smallest absolute Gasteiger partial charge is 0.311 e. The third-order valence-electron chi connectivity index (χ3n) is 4.12. The number of carbonyl (C=O) groups is 2. The molecule has 2 fully saturated rings. The number of hydrogen-bond acceptors (Lipinski definition) is 4. The van der Waals surface area contributed by atoms with Crippen LogP contribution < -0.4 is 5.32 Å². The second kappa shape index (κ2) is 7.04. The summed E-state index contributed by atoms with van der Waals surface area (Å²) in [5.41, 5.74) is 0. The molecule has 6 heteroatoms. The topological polar surface area (TPSA) is 78.9 Å². The van der Waals surface area contributed by atoms with E-state index in [-0.39, 0.29) is 24.6 Å². The number of rotatable bonds is 5. The number of nitrogens with one attached hydrogen (secondary N) is 1. The van der Waals surface area contributed by atoms with E-state index in [1.807, 2.05) is 6.92 Å². The second-order valence-electron chi connectivity index (χ2n) is 5.58. The molecule has 0 saturated carbocycles. The highest BCUT2D eigenvalue weighted by atomic mass is 16.5. The van der Waals surface area contributed by atoms with E-state index in [0.717, 1.165) is 32.2 Å². The number of carboxylic acids is 1. The predicted octanol–water partition coefficient (Wildman–Crippen LogP) is 0.467. The molecular formula is C14H24N2O4. The highest BCUT2D eigenvalue weighted by Gasteiger charge is 2.41. The highest BCUT2D eigenvalue weighted by molar-refractivity contribution is 5.83. The van der Waals surface area contributed by atoms with Crippen molar-refractivity contribution in [3.63, 3.8) is 0 Å². The number of aliphatic carboxylic acids is 1. The van der Waals surface area contributed by atoms with E-state index in [1.54, 1.807) is 4.90 Å². The van der Waals surface area contributed by atoms with Crippen LogP contribution >= 0.6 is 0 Å². The number of nitrogens with zero attached hydrogens (tertiary/aromatic N) is 1. The van der Waals surface area contributed by atoms with E-state index in [0.29, 0.717) is 13.2 Å². The Morgan fingerprint density at radius 1 is 1.35 bits per heavy atom. The first kappa shape index (κ1) is 15.3. The van der Waals surface area contributed by atoms with Crippen LogP contribution in [0.4, 0.5) is 0 Å². The molecule has 0 aromatic carbocycles. The zero-order chi connectivity index (χ0) is 14.5. The molecule has 3 unspecified atom stereocenters. The lowest BCUT2D eigenvalue weighted by Gasteiger charge is -2.34. The molecule has 0 spiro atoms. The average molecular weight is 284 g/mol. The lowest BCUT2D eigenvalue weighted by atomic mass is 9.98. The summed E-state index contributed by atoms with van der Waals surface area (Å²) in [5.74, 6) is -1.44. The van der Waals surface area contributed by atoms with Gasteiger partial charge in [-0.25, -0.2) is 0 Å². The largest absolute Gasteiger partial charge is 0.481 e. The van der Waals surface area contributed by atoms with Crippen LogP contribution in [0.15, 0.2) is 0 Å². The molecule has 0 aromatic heterocycles. The van der Waals surface area contributed by atoms with Crippen LogP contribution in [-0.4, -0.2) is 60.3 Å². The van der Waals surface area contributed by atoms with Crippen LogP contribution in [-0.2, 0) is 14.3 Å². The minimum absolute atomic E-state index is 0.0355. The number of amides is 1. The fraction of sp³-hybridized carbons (Fsp3) is 0.857. The van der Waals surface area contributed by atoms with Gasteiger partial charge in [0.05, 0.1) is 25.3 Å². The Kier molecular flexibility index (Phi) is 5.37. The molecule has 20 heavy (non-hydrogen) atoms. The maximum atomic E-state index is 12.7. The van der Waals surface area contributed by atoms with Crippen LogP contribution in [0.3, 0.4) is 0 Å². The first-order chi connectivity index (χ1) is 9.65. The Hall–Kier alpha value is -1.14. The summed E-state index contributed by atoms with van der Waals surface area (Å²) in [5, 5.41) is 12.5. The average Bonchev–Trinajstić information content (AvgIpc) is 2.94. The van der Waals surface area contributed by atoms with Gasteiger partial charge in [0.25, 0.3) is 0 Å². The maximum absolute atomic E-state index is 12.7. The van der Waals surface area contributed by atoms with Crippen molar-refractivity contribution in [3.8, 4) is 0 Å². The Balaban J connectivity index is 2.08. The Bertz CT molecular complexity index is 355. The van der Waals surface area contributed by atoms with Crippen LogP contribution in [0.1, 0.15) is 32.6 Å². The van der Waals surface area contributed by atoms with Crippen molar-refractivity contribution in [1.29, 1.82) is 0 Å². The van der Waals surface area contributed by atoms with Crippen molar-refractivity contribution in [2.45, 2.75) is 44.7 Å². The van der Waals surface area contributed by atoms with E-state index in [1.165, 1.54) is 0 Å². The van der Waals surface area contributed by atoms with Gasteiger partial charge in [-0.3, -0.25) is 9.59 Å². The predicted molar refractivity (Wildman–Crippen MR) is 73.4 cm³/mol. The summed E-state index contributed by atoms with van der Waals surface area (Å²) in [6.45, 7) is 3.98. The summed E-state index contributed by atoms with van der Waals surface area (Å²) in [6, 6.07) is -0.492. The van der Waals surface area contributed by atoms with E-state index in [2.05, 4.69) is 5.32 Å². The fourth-order valence-corrected chi connectivity index (χ4v) is 3.03.